The van der Waals surface area contributed by atoms with Crippen LogP contribution in [-0.4, -0.2) is 17.1 Å². The highest BCUT2D eigenvalue weighted by Gasteiger charge is 2.12. The smallest absolute Gasteiger partial charge is 0.239 e. The Labute approximate surface area is 110 Å². The molecular weight excluding hydrogens is 226 g/mol. The molecule has 0 spiro atoms. The van der Waals surface area contributed by atoms with Gasteiger partial charge in [-0.3, -0.25) is 0 Å². The molecule has 0 bridgehead atoms. The molecule has 1 heterocycles. The van der Waals surface area contributed by atoms with Crippen LogP contribution >= 0.6 is 0 Å². The van der Waals surface area contributed by atoms with Gasteiger partial charge < -0.3 is 15.8 Å². The predicted molar refractivity (Wildman–Crippen MR) is 77.0 cm³/mol. The van der Waals surface area contributed by atoms with Crippen LogP contribution < -0.4 is 15.8 Å². The summed E-state index contributed by atoms with van der Waals surface area (Å²) in [6.45, 7) is 10.5. The van der Waals surface area contributed by atoms with E-state index in [1.54, 1.807) is 0 Å². The van der Waals surface area contributed by atoms with Crippen molar-refractivity contribution in [2.45, 2.75) is 53.2 Å². The summed E-state index contributed by atoms with van der Waals surface area (Å²) in [6.07, 6.45) is 1.21. The van der Waals surface area contributed by atoms with Crippen LogP contribution in [0.1, 0.15) is 41.0 Å². The minimum Gasteiger partial charge on any atom is -0.473 e. The van der Waals surface area contributed by atoms with Crippen LogP contribution in [0.2, 0.25) is 0 Å². The fourth-order valence-electron chi connectivity index (χ4n) is 1.58. The summed E-state index contributed by atoms with van der Waals surface area (Å²) < 4.78 is 5.58. The second-order valence-electron chi connectivity index (χ2n) is 5.08. The van der Waals surface area contributed by atoms with Crippen LogP contribution in [0.4, 0.5) is 11.5 Å². The number of aromatic nitrogens is 1. The van der Waals surface area contributed by atoms with Crippen molar-refractivity contribution in [3.63, 3.8) is 0 Å². The van der Waals surface area contributed by atoms with Crippen LogP contribution in [0.25, 0.3) is 0 Å². The number of ether oxygens (including phenoxy) is 1. The Morgan fingerprint density at radius 1 is 1.28 bits per heavy atom. The summed E-state index contributed by atoms with van der Waals surface area (Å²) >= 11 is 0. The zero-order chi connectivity index (χ0) is 13.7. The van der Waals surface area contributed by atoms with E-state index in [0.29, 0.717) is 23.5 Å². The Bertz CT molecular complexity index is 379. The molecule has 0 aliphatic rings. The number of hydrogen-bond acceptors (Lipinski definition) is 4. The predicted octanol–water partition coefficient (Wildman–Crippen LogP) is 3.30. The van der Waals surface area contributed by atoms with E-state index in [9.17, 15) is 0 Å². The molecule has 0 radical (unpaired) electrons. The largest absolute Gasteiger partial charge is 0.473 e. The van der Waals surface area contributed by atoms with E-state index in [1.807, 2.05) is 26.0 Å². The minimum atomic E-state index is 0.0713. The third-order valence-electron chi connectivity index (χ3n) is 3.11. The maximum absolute atomic E-state index is 5.84. The molecule has 0 aliphatic heterocycles. The highest BCUT2D eigenvalue weighted by atomic mass is 16.5. The van der Waals surface area contributed by atoms with Crippen LogP contribution in [0, 0.1) is 5.92 Å². The van der Waals surface area contributed by atoms with Gasteiger partial charge in [0.15, 0.2) is 0 Å². The molecule has 3 N–H and O–H groups in total. The number of nitrogens with zero attached hydrogens (tertiary/aromatic N) is 1. The van der Waals surface area contributed by atoms with Crippen molar-refractivity contribution in [3.8, 4) is 5.88 Å². The number of nitrogens with two attached hydrogens (primary N) is 1. The monoisotopic (exact) mass is 251 g/mol. The summed E-state index contributed by atoms with van der Waals surface area (Å²) in [7, 11) is 0. The highest BCUT2D eigenvalue weighted by molar-refractivity contribution is 5.53. The lowest BCUT2D eigenvalue weighted by Gasteiger charge is -2.21. The molecule has 0 amide bonds. The maximum Gasteiger partial charge on any atom is 0.239 e. The first-order valence-electron chi connectivity index (χ1n) is 6.63. The number of rotatable bonds is 6. The molecule has 0 fully saturated rings. The fraction of sp³-hybridized carbons (Fsp3) is 0.643. The Kier molecular flexibility index (Phi) is 5.25. The number of hydrogen-bond donors (Lipinski definition) is 2. The van der Waals surface area contributed by atoms with Crippen molar-refractivity contribution >= 4 is 11.5 Å². The van der Waals surface area contributed by atoms with Crippen LogP contribution in [0.3, 0.4) is 0 Å². The first-order chi connectivity index (χ1) is 8.43. The van der Waals surface area contributed by atoms with Gasteiger partial charge in [-0.15, -0.1) is 0 Å². The van der Waals surface area contributed by atoms with Crippen molar-refractivity contribution in [3.05, 3.63) is 12.1 Å². The van der Waals surface area contributed by atoms with E-state index in [2.05, 4.69) is 31.1 Å². The summed E-state index contributed by atoms with van der Waals surface area (Å²) in [6, 6.07) is 4.09. The van der Waals surface area contributed by atoms with Crippen molar-refractivity contribution < 1.29 is 4.74 Å². The summed E-state index contributed by atoms with van der Waals surface area (Å²) in [5.74, 6) is 1.91. The van der Waals surface area contributed by atoms with Gasteiger partial charge in [0.05, 0.1) is 11.8 Å². The average Bonchev–Trinajstić information content (AvgIpc) is 2.31. The van der Waals surface area contributed by atoms with E-state index >= 15 is 0 Å². The summed E-state index contributed by atoms with van der Waals surface area (Å²) in [5.41, 5.74) is 6.41. The van der Waals surface area contributed by atoms with Crippen LogP contribution in [0.15, 0.2) is 12.1 Å². The molecule has 4 heteroatoms. The second-order valence-corrected chi connectivity index (χ2v) is 5.08. The molecule has 102 valence electrons. The molecule has 1 aromatic rings. The van der Waals surface area contributed by atoms with Gasteiger partial charge in [-0.05, 0) is 38.8 Å². The molecule has 0 saturated heterocycles. The third-order valence-corrected chi connectivity index (χ3v) is 3.11. The van der Waals surface area contributed by atoms with Gasteiger partial charge in [-0.25, -0.2) is 0 Å². The maximum atomic E-state index is 5.84. The normalized spacial score (nSPS) is 14.3. The molecule has 2 atom stereocenters. The highest BCUT2D eigenvalue weighted by Crippen LogP contribution is 2.23. The molecule has 0 aromatic carbocycles. The molecule has 4 nitrogen and oxygen atoms in total. The van der Waals surface area contributed by atoms with Crippen LogP contribution in [0.5, 0.6) is 5.88 Å². The Morgan fingerprint density at radius 3 is 2.50 bits per heavy atom. The van der Waals surface area contributed by atoms with Crippen LogP contribution in [-0.2, 0) is 0 Å². The van der Waals surface area contributed by atoms with Gasteiger partial charge in [0.2, 0.25) is 5.88 Å². The van der Waals surface area contributed by atoms with Crippen molar-refractivity contribution in [2.75, 3.05) is 11.1 Å². The van der Waals surface area contributed by atoms with E-state index in [4.69, 9.17) is 10.5 Å². The van der Waals surface area contributed by atoms with Gasteiger partial charge in [0.1, 0.15) is 5.82 Å². The first kappa shape index (κ1) is 14.6. The summed E-state index contributed by atoms with van der Waals surface area (Å²) in [5, 5.41) is 3.39. The second kappa shape index (κ2) is 6.47. The van der Waals surface area contributed by atoms with E-state index < -0.39 is 0 Å². The van der Waals surface area contributed by atoms with Gasteiger partial charge in [0, 0.05) is 6.04 Å². The number of nitrogen functional groups attached to an aromatic ring is 1. The Morgan fingerprint density at radius 2 is 1.94 bits per heavy atom. The number of nitrogens with one attached hydrogen (secondary N) is 1. The Hall–Kier alpha value is -1.45. The van der Waals surface area contributed by atoms with Crippen molar-refractivity contribution in [2.24, 2.45) is 5.92 Å². The van der Waals surface area contributed by atoms with E-state index in [-0.39, 0.29) is 6.10 Å². The minimum absolute atomic E-state index is 0.0713. The zero-order valence-corrected chi connectivity index (χ0v) is 12.0. The third kappa shape index (κ3) is 4.09. The molecular formula is C14H25N3O. The molecule has 2 unspecified atom stereocenters. The van der Waals surface area contributed by atoms with Crippen molar-refractivity contribution in [1.82, 2.24) is 4.98 Å². The van der Waals surface area contributed by atoms with E-state index in [1.165, 1.54) is 0 Å². The van der Waals surface area contributed by atoms with E-state index in [0.717, 1.165) is 12.2 Å². The van der Waals surface area contributed by atoms with Gasteiger partial charge >= 0.3 is 0 Å². The summed E-state index contributed by atoms with van der Waals surface area (Å²) in [4.78, 5) is 4.41. The SMILES string of the molecule is CCC(C)C(C)Nc1ccc(N)c(OC(C)C)n1. The van der Waals surface area contributed by atoms with Crippen molar-refractivity contribution in [1.29, 1.82) is 0 Å². The van der Waals surface area contributed by atoms with Gasteiger partial charge in [0.25, 0.3) is 0 Å². The number of anilines is 2. The first-order valence-corrected chi connectivity index (χ1v) is 6.63. The fourth-order valence-corrected chi connectivity index (χ4v) is 1.58. The standard InChI is InChI=1S/C14H25N3O/c1-6-10(4)11(5)16-13-8-7-12(15)14(17-13)18-9(2)3/h7-11H,6,15H2,1-5H3,(H,16,17). The molecule has 0 saturated carbocycles. The number of pyridine rings is 1. The van der Waals surface area contributed by atoms with Gasteiger partial charge in [-0.1, -0.05) is 20.3 Å². The average molecular weight is 251 g/mol. The zero-order valence-electron chi connectivity index (χ0n) is 12.0. The molecule has 1 rings (SSSR count). The Balaban J connectivity index is 2.78. The lowest BCUT2D eigenvalue weighted by Crippen LogP contribution is -2.24. The topological polar surface area (TPSA) is 60.2 Å². The lowest BCUT2D eigenvalue weighted by molar-refractivity contribution is 0.234. The lowest BCUT2D eigenvalue weighted by atomic mass is 10.0. The quantitative estimate of drug-likeness (QED) is 0.814. The molecule has 1 aromatic heterocycles. The molecule has 0 aliphatic carbocycles. The van der Waals surface area contributed by atoms with Gasteiger partial charge in [-0.2, -0.15) is 4.98 Å². The molecule has 18 heavy (non-hydrogen) atoms.